The molecule has 1 N–H and O–H groups in total. The predicted octanol–water partition coefficient (Wildman–Crippen LogP) is 3.40. The minimum Gasteiger partial charge on any atom is -0.333 e. The minimum atomic E-state index is -0.232. The summed E-state index contributed by atoms with van der Waals surface area (Å²) in [5, 5.41) is 3.07. The van der Waals surface area contributed by atoms with Crippen LogP contribution in [0.3, 0.4) is 0 Å². The summed E-state index contributed by atoms with van der Waals surface area (Å²) < 4.78 is 2.12. The Hall–Kier alpha value is -2.30. The van der Waals surface area contributed by atoms with Crippen LogP contribution in [-0.4, -0.2) is 32.1 Å². The Kier molecular flexibility index (Phi) is 4.60. The maximum Gasteiger partial charge on any atom is 0.318 e. The molecular formula is C19H26N4O. The van der Waals surface area contributed by atoms with Crippen LogP contribution in [0, 0.1) is 0 Å². The largest absolute Gasteiger partial charge is 0.333 e. The highest BCUT2D eigenvalue weighted by atomic mass is 16.2. The van der Waals surface area contributed by atoms with Crippen molar-refractivity contribution in [3.8, 4) is 0 Å². The monoisotopic (exact) mass is 326 g/mol. The minimum absolute atomic E-state index is 0.000684. The first kappa shape index (κ1) is 16.6. The van der Waals surface area contributed by atoms with Crippen LogP contribution in [0.5, 0.6) is 0 Å². The van der Waals surface area contributed by atoms with E-state index in [-0.39, 0.29) is 11.6 Å². The molecule has 5 nitrogen and oxygen atoms in total. The fraction of sp³-hybridized carbons (Fsp3) is 0.474. The molecule has 5 heteroatoms. The van der Waals surface area contributed by atoms with Gasteiger partial charge < -0.3 is 14.8 Å². The van der Waals surface area contributed by atoms with Crippen LogP contribution in [0.2, 0.25) is 0 Å². The number of benzene rings is 1. The highest BCUT2D eigenvalue weighted by molar-refractivity contribution is 5.75. The van der Waals surface area contributed by atoms with Gasteiger partial charge in [0.2, 0.25) is 0 Å². The number of aromatic nitrogens is 2. The van der Waals surface area contributed by atoms with Crippen LogP contribution in [0.1, 0.15) is 45.0 Å². The lowest BCUT2D eigenvalue weighted by Crippen LogP contribution is -2.49. The Morgan fingerprint density at radius 3 is 2.62 bits per heavy atom. The molecule has 0 spiro atoms. The molecule has 0 aliphatic heterocycles. The Bertz CT molecular complexity index is 683. The molecule has 1 aliphatic rings. The van der Waals surface area contributed by atoms with Crippen molar-refractivity contribution in [3.05, 3.63) is 54.1 Å². The van der Waals surface area contributed by atoms with Gasteiger partial charge in [-0.15, -0.1) is 0 Å². The molecule has 0 unspecified atom stereocenters. The summed E-state index contributed by atoms with van der Waals surface area (Å²) >= 11 is 0. The van der Waals surface area contributed by atoms with Crippen LogP contribution < -0.4 is 5.32 Å². The molecule has 1 aliphatic carbocycles. The number of imidazole rings is 1. The SMILES string of the molecule is CC(C)(C)NC(=O)N(Cc1nccn1Cc1ccccc1)C1CC1. The van der Waals surface area contributed by atoms with Gasteiger partial charge in [-0.25, -0.2) is 9.78 Å². The second-order valence-corrected chi connectivity index (χ2v) is 7.50. The Morgan fingerprint density at radius 2 is 2.00 bits per heavy atom. The van der Waals surface area contributed by atoms with Crippen molar-refractivity contribution < 1.29 is 4.79 Å². The molecular weight excluding hydrogens is 300 g/mol. The van der Waals surface area contributed by atoms with Gasteiger partial charge in [-0.05, 0) is 39.2 Å². The topological polar surface area (TPSA) is 50.2 Å². The zero-order valence-electron chi connectivity index (χ0n) is 14.7. The molecule has 1 saturated carbocycles. The first-order chi connectivity index (χ1) is 11.4. The van der Waals surface area contributed by atoms with E-state index < -0.39 is 0 Å². The molecule has 24 heavy (non-hydrogen) atoms. The second kappa shape index (κ2) is 6.67. The van der Waals surface area contributed by atoms with Gasteiger partial charge in [0.05, 0.1) is 6.54 Å². The van der Waals surface area contributed by atoms with Gasteiger partial charge in [-0.2, -0.15) is 0 Å². The number of carbonyl (C=O) groups excluding carboxylic acids is 1. The molecule has 2 amide bonds. The number of nitrogens with one attached hydrogen (secondary N) is 1. The van der Waals surface area contributed by atoms with E-state index in [9.17, 15) is 4.79 Å². The highest BCUT2D eigenvalue weighted by Gasteiger charge is 2.34. The van der Waals surface area contributed by atoms with Gasteiger partial charge in [0.15, 0.2) is 0 Å². The van der Waals surface area contributed by atoms with Crippen molar-refractivity contribution in [1.82, 2.24) is 19.8 Å². The summed E-state index contributed by atoms with van der Waals surface area (Å²) in [5.41, 5.74) is 0.998. The number of urea groups is 1. The third-order valence-corrected chi connectivity index (χ3v) is 4.04. The summed E-state index contributed by atoms with van der Waals surface area (Å²) in [5.74, 6) is 0.926. The maximum atomic E-state index is 12.6. The molecule has 3 rings (SSSR count). The lowest BCUT2D eigenvalue weighted by atomic mass is 10.1. The van der Waals surface area contributed by atoms with Gasteiger partial charge >= 0.3 is 6.03 Å². The zero-order chi connectivity index (χ0) is 17.2. The van der Waals surface area contributed by atoms with Gasteiger partial charge in [-0.3, -0.25) is 0 Å². The van der Waals surface area contributed by atoms with Crippen LogP contribution in [0.25, 0.3) is 0 Å². The number of rotatable bonds is 5. The summed E-state index contributed by atoms with van der Waals surface area (Å²) in [4.78, 5) is 19.0. The van der Waals surface area contributed by atoms with E-state index in [4.69, 9.17) is 0 Å². The van der Waals surface area contributed by atoms with Gasteiger partial charge in [0.1, 0.15) is 5.82 Å². The zero-order valence-corrected chi connectivity index (χ0v) is 14.7. The van der Waals surface area contributed by atoms with Gasteiger partial charge in [0.25, 0.3) is 0 Å². The van der Waals surface area contributed by atoms with E-state index in [1.54, 1.807) is 0 Å². The molecule has 2 aromatic rings. The lowest BCUT2D eigenvalue weighted by Gasteiger charge is -2.28. The van der Waals surface area contributed by atoms with Crippen LogP contribution in [0.4, 0.5) is 4.79 Å². The first-order valence-corrected chi connectivity index (χ1v) is 8.55. The molecule has 1 heterocycles. The molecule has 0 saturated heterocycles. The van der Waals surface area contributed by atoms with E-state index in [1.165, 1.54) is 5.56 Å². The van der Waals surface area contributed by atoms with Crippen molar-refractivity contribution >= 4 is 6.03 Å². The molecule has 0 radical (unpaired) electrons. The summed E-state index contributed by atoms with van der Waals surface area (Å²) in [7, 11) is 0. The van der Waals surface area contributed by atoms with Crippen molar-refractivity contribution in [2.75, 3.05) is 0 Å². The average molecular weight is 326 g/mol. The van der Waals surface area contributed by atoms with Crippen LogP contribution in [0.15, 0.2) is 42.7 Å². The van der Waals surface area contributed by atoms with Crippen molar-refractivity contribution in [1.29, 1.82) is 0 Å². The van der Waals surface area contributed by atoms with Crippen LogP contribution in [-0.2, 0) is 13.1 Å². The Balaban J connectivity index is 1.72. The fourth-order valence-corrected chi connectivity index (χ4v) is 2.71. The van der Waals surface area contributed by atoms with E-state index in [0.717, 1.165) is 25.2 Å². The van der Waals surface area contributed by atoms with E-state index in [2.05, 4.69) is 27.0 Å². The number of amides is 2. The normalized spacial score (nSPS) is 14.5. The average Bonchev–Trinajstić information content (AvgIpc) is 3.26. The fourth-order valence-electron chi connectivity index (χ4n) is 2.71. The number of hydrogen-bond donors (Lipinski definition) is 1. The third kappa shape index (κ3) is 4.37. The second-order valence-electron chi connectivity index (χ2n) is 7.50. The number of hydrogen-bond acceptors (Lipinski definition) is 2. The van der Waals surface area contributed by atoms with Crippen LogP contribution >= 0.6 is 0 Å². The van der Waals surface area contributed by atoms with E-state index in [0.29, 0.717) is 12.6 Å². The van der Waals surface area contributed by atoms with Gasteiger partial charge in [0, 0.05) is 30.5 Å². The van der Waals surface area contributed by atoms with Gasteiger partial charge in [-0.1, -0.05) is 30.3 Å². The molecule has 1 fully saturated rings. The van der Waals surface area contributed by atoms with Crippen molar-refractivity contribution in [2.24, 2.45) is 0 Å². The number of nitrogens with zero attached hydrogens (tertiary/aromatic N) is 3. The lowest BCUT2D eigenvalue weighted by molar-refractivity contribution is 0.180. The standard InChI is InChI=1S/C19H26N4O/c1-19(2,3)21-18(24)23(16-9-10-16)14-17-20-11-12-22(17)13-15-7-5-4-6-8-15/h4-8,11-12,16H,9-10,13-14H2,1-3H3,(H,21,24). The van der Waals surface area contributed by atoms with Crippen molar-refractivity contribution in [2.45, 2.75) is 58.3 Å². The molecule has 1 aromatic heterocycles. The smallest absolute Gasteiger partial charge is 0.318 e. The first-order valence-electron chi connectivity index (χ1n) is 8.55. The summed E-state index contributed by atoms with van der Waals surface area (Å²) in [6.45, 7) is 7.34. The third-order valence-electron chi connectivity index (χ3n) is 4.04. The van der Waals surface area contributed by atoms with E-state index >= 15 is 0 Å². The maximum absolute atomic E-state index is 12.6. The predicted molar refractivity (Wildman–Crippen MR) is 94.6 cm³/mol. The summed E-state index contributed by atoms with van der Waals surface area (Å²) in [6.07, 6.45) is 5.95. The van der Waals surface area contributed by atoms with Crippen molar-refractivity contribution in [3.63, 3.8) is 0 Å². The summed E-state index contributed by atoms with van der Waals surface area (Å²) in [6, 6.07) is 10.7. The Labute approximate surface area is 143 Å². The molecule has 128 valence electrons. The quantitative estimate of drug-likeness (QED) is 0.915. The van der Waals surface area contributed by atoms with E-state index in [1.807, 2.05) is 56.3 Å². The highest BCUT2D eigenvalue weighted by Crippen LogP contribution is 2.28. The molecule has 0 bridgehead atoms. The molecule has 1 aromatic carbocycles. The Morgan fingerprint density at radius 1 is 1.29 bits per heavy atom. The number of carbonyl (C=O) groups is 1. The molecule has 0 atom stereocenters.